The first-order valence-electron chi connectivity index (χ1n) is 9.40. The van der Waals surface area contributed by atoms with E-state index < -0.39 is 0 Å². The molecule has 0 spiro atoms. The summed E-state index contributed by atoms with van der Waals surface area (Å²) in [6.07, 6.45) is 2.78. The summed E-state index contributed by atoms with van der Waals surface area (Å²) in [5.41, 5.74) is 2.29. The van der Waals surface area contributed by atoms with Gasteiger partial charge in [0, 0.05) is 19.5 Å². The van der Waals surface area contributed by atoms with Gasteiger partial charge in [-0.1, -0.05) is 42.5 Å². The summed E-state index contributed by atoms with van der Waals surface area (Å²) in [4.78, 5) is 14.9. The number of carbonyl (C=O) groups is 1. The molecule has 3 rings (SSSR count). The second kappa shape index (κ2) is 9.39. The summed E-state index contributed by atoms with van der Waals surface area (Å²) in [7, 11) is 1.66. The molecule has 1 aliphatic heterocycles. The Morgan fingerprint density at radius 1 is 1.08 bits per heavy atom. The van der Waals surface area contributed by atoms with Crippen LogP contribution < -0.4 is 10.1 Å². The predicted molar refractivity (Wildman–Crippen MR) is 104 cm³/mol. The lowest BCUT2D eigenvalue weighted by molar-refractivity contribution is -0.132. The Balaban J connectivity index is 1.66. The van der Waals surface area contributed by atoms with E-state index in [0.29, 0.717) is 25.4 Å². The van der Waals surface area contributed by atoms with Gasteiger partial charge in [-0.25, -0.2) is 0 Å². The average Bonchev–Trinajstić information content (AvgIpc) is 3.20. The number of amides is 1. The van der Waals surface area contributed by atoms with Crippen molar-refractivity contribution in [2.45, 2.75) is 32.4 Å². The van der Waals surface area contributed by atoms with E-state index in [-0.39, 0.29) is 5.91 Å². The van der Waals surface area contributed by atoms with Crippen LogP contribution in [0.1, 0.15) is 30.4 Å². The summed E-state index contributed by atoms with van der Waals surface area (Å²) in [6.45, 7) is 3.40. The Kier molecular flexibility index (Phi) is 6.67. The van der Waals surface area contributed by atoms with Crippen molar-refractivity contribution in [3.05, 3.63) is 65.7 Å². The quantitative estimate of drug-likeness (QED) is 0.789. The molecule has 26 heavy (non-hydrogen) atoms. The van der Waals surface area contributed by atoms with Crippen molar-refractivity contribution in [1.82, 2.24) is 10.2 Å². The maximum Gasteiger partial charge on any atom is 0.223 e. The largest absolute Gasteiger partial charge is 0.497 e. The molecule has 0 bridgehead atoms. The number of nitrogens with zero attached hydrogens (tertiary/aromatic N) is 1. The number of benzene rings is 2. The molecule has 1 atom stereocenters. The maximum absolute atomic E-state index is 12.9. The van der Waals surface area contributed by atoms with E-state index in [1.165, 1.54) is 6.42 Å². The smallest absolute Gasteiger partial charge is 0.223 e. The van der Waals surface area contributed by atoms with Crippen LogP contribution in [-0.4, -0.2) is 31.0 Å². The predicted octanol–water partition coefficient (Wildman–Crippen LogP) is 3.61. The second-order valence-electron chi connectivity index (χ2n) is 6.98. The minimum Gasteiger partial charge on any atom is -0.497 e. The van der Waals surface area contributed by atoms with Crippen LogP contribution >= 0.6 is 0 Å². The monoisotopic (exact) mass is 352 g/mol. The highest BCUT2D eigenvalue weighted by atomic mass is 16.5. The summed E-state index contributed by atoms with van der Waals surface area (Å²) in [6, 6.07) is 18.2. The van der Waals surface area contributed by atoms with Gasteiger partial charge < -0.3 is 15.0 Å². The van der Waals surface area contributed by atoms with Crippen LogP contribution in [0.3, 0.4) is 0 Å². The Morgan fingerprint density at radius 2 is 1.77 bits per heavy atom. The van der Waals surface area contributed by atoms with Gasteiger partial charge in [0.15, 0.2) is 0 Å². The average molecular weight is 352 g/mol. The fourth-order valence-electron chi connectivity index (χ4n) is 3.43. The lowest BCUT2D eigenvalue weighted by Crippen LogP contribution is -2.30. The highest BCUT2D eigenvalue weighted by molar-refractivity contribution is 5.76. The molecule has 1 saturated heterocycles. The summed E-state index contributed by atoms with van der Waals surface area (Å²) >= 11 is 0. The van der Waals surface area contributed by atoms with Gasteiger partial charge in [0.1, 0.15) is 5.75 Å². The standard InChI is InChI=1S/C22H28N2O2/c1-26-21-10-7-20(8-11-21)17-24(16-19-5-3-2-4-6-19)22(25)12-9-18-13-14-23-15-18/h2-8,10-11,18,23H,9,12-17H2,1H3. The zero-order valence-corrected chi connectivity index (χ0v) is 15.5. The number of hydrogen-bond acceptors (Lipinski definition) is 3. The van der Waals surface area contributed by atoms with Crippen LogP contribution in [0.4, 0.5) is 0 Å². The molecule has 1 amide bonds. The van der Waals surface area contributed by atoms with Gasteiger partial charge in [-0.15, -0.1) is 0 Å². The number of hydrogen-bond donors (Lipinski definition) is 1. The molecule has 0 aliphatic carbocycles. The highest BCUT2D eigenvalue weighted by Crippen LogP contribution is 2.19. The molecule has 0 aromatic heterocycles. The first-order valence-corrected chi connectivity index (χ1v) is 9.40. The molecule has 1 unspecified atom stereocenters. The van der Waals surface area contributed by atoms with Crippen LogP contribution in [-0.2, 0) is 17.9 Å². The first kappa shape index (κ1) is 18.5. The third kappa shape index (κ3) is 5.33. The lowest BCUT2D eigenvalue weighted by atomic mass is 10.0. The molecule has 1 N–H and O–H groups in total. The van der Waals surface area contributed by atoms with E-state index in [2.05, 4.69) is 17.4 Å². The van der Waals surface area contributed by atoms with E-state index >= 15 is 0 Å². The molecular weight excluding hydrogens is 324 g/mol. The Bertz CT molecular complexity index is 679. The summed E-state index contributed by atoms with van der Waals surface area (Å²) < 4.78 is 5.23. The molecule has 138 valence electrons. The fourth-order valence-corrected chi connectivity index (χ4v) is 3.43. The molecule has 4 heteroatoms. The molecule has 0 saturated carbocycles. The number of nitrogens with one attached hydrogen (secondary N) is 1. The van der Waals surface area contributed by atoms with Crippen LogP contribution in [0.5, 0.6) is 5.75 Å². The fraction of sp³-hybridized carbons (Fsp3) is 0.409. The zero-order chi connectivity index (χ0) is 18.2. The normalized spacial score (nSPS) is 16.4. The third-order valence-electron chi connectivity index (χ3n) is 5.03. The number of rotatable bonds is 8. The van der Waals surface area contributed by atoms with Gasteiger partial charge in [-0.05, 0) is 55.1 Å². The highest BCUT2D eigenvalue weighted by Gasteiger charge is 2.19. The Morgan fingerprint density at radius 3 is 2.38 bits per heavy atom. The minimum atomic E-state index is 0.233. The lowest BCUT2D eigenvalue weighted by Gasteiger charge is -2.24. The van der Waals surface area contributed by atoms with Crippen LogP contribution in [0, 0.1) is 5.92 Å². The van der Waals surface area contributed by atoms with E-state index in [1.807, 2.05) is 47.4 Å². The van der Waals surface area contributed by atoms with Crippen molar-refractivity contribution < 1.29 is 9.53 Å². The number of ether oxygens (including phenoxy) is 1. The van der Waals surface area contributed by atoms with Gasteiger partial charge in [0.05, 0.1) is 7.11 Å². The van der Waals surface area contributed by atoms with Crippen molar-refractivity contribution >= 4 is 5.91 Å². The van der Waals surface area contributed by atoms with Crippen molar-refractivity contribution in [2.75, 3.05) is 20.2 Å². The molecule has 0 radical (unpaired) electrons. The topological polar surface area (TPSA) is 41.6 Å². The number of carbonyl (C=O) groups excluding carboxylic acids is 1. The molecule has 1 aliphatic rings. The van der Waals surface area contributed by atoms with E-state index in [0.717, 1.165) is 36.4 Å². The molecule has 2 aromatic carbocycles. The van der Waals surface area contributed by atoms with Crippen molar-refractivity contribution in [3.63, 3.8) is 0 Å². The SMILES string of the molecule is COc1ccc(CN(Cc2ccccc2)C(=O)CCC2CCNC2)cc1. The van der Waals surface area contributed by atoms with E-state index in [4.69, 9.17) is 4.74 Å². The van der Waals surface area contributed by atoms with Crippen molar-refractivity contribution in [1.29, 1.82) is 0 Å². The molecular formula is C22H28N2O2. The maximum atomic E-state index is 12.9. The minimum absolute atomic E-state index is 0.233. The van der Waals surface area contributed by atoms with Gasteiger partial charge in [0.2, 0.25) is 5.91 Å². The summed E-state index contributed by atoms with van der Waals surface area (Å²) in [5, 5.41) is 3.38. The summed E-state index contributed by atoms with van der Waals surface area (Å²) in [5.74, 6) is 1.71. The van der Waals surface area contributed by atoms with E-state index in [1.54, 1.807) is 7.11 Å². The van der Waals surface area contributed by atoms with Crippen LogP contribution in [0.15, 0.2) is 54.6 Å². The molecule has 1 heterocycles. The van der Waals surface area contributed by atoms with Crippen molar-refractivity contribution in [3.8, 4) is 5.75 Å². The van der Waals surface area contributed by atoms with Crippen molar-refractivity contribution in [2.24, 2.45) is 5.92 Å². The van der Waals surface area contributed by atoms with Gasteiger partial charge in [-0.3, -0.25) is 4.79 Å². The van der Waals surface area contributed by atoms with Crippen LogP contribution in [0.25, 0.3) is 0 Å². The first-order chi connectivity index (χ1) is 12.7. The zero-order valence-electron chi connectivity index (χ0n) is 15.5. The van der Waals surface area contributed by atoms with Gasteiger partial charge >= 0.3 is 0 Å². The van der Waals surface area contributed by atoms with E-state index in [9.17, 15) is 4.79 Å². The molecule has 4 nitrogen and oxygen atoms in total. The van der Waals surface area contributed by atoms with Gasteiger partial charge in [-0.2, -0.15) is 0 Å². The molecule has 1 fully saturated rings. The second-order valence-corrected chi connectivity index (χ2v) is 6.98. The third-order valence-corrected chi connectivity index (χ3v) is 5.03. The number of methoxy groups -OCH3 is 1. The van der Waals surface area contributed by atoms with Crippen LogP contribution in [0.2, 0.25) is 0 Å². The Hall–Kier alpha value is -2.33. The van der Waals surface area contributed by atoms with Gasteiger partial charge in [0.25, 0.3) is 0 Å². The Labute approximate surface area is 156 Å². The molecule has 2 aromatic rings.